The molecule has 1 aromatic carbocycles. The molecule has 1 aliphatic heterocycles. The number of anilines is 1. The van der Waals surface area contributed by atoms with Gasteiger partial charge in [0, 0.05) is 23.0 Å². The van der Waals surface area contributed by atoms with Gasteiger partial charge in [-0.3, -0.25) is 10.1 Å². The lowest BCUT2D eigenvalue weighted by molar-refractivity contribution is -0.170. The first kappa shape index (κ1) is 23.7. The zero-order valence-electron chi connectivity index (χ0n) is 18.2. The number of thioether (sulfide) groups is 1. The lowest BCUT2D eigenvalue weighted by Crippen LogP contribution is -2.34. The molecule has 1 atom stereocenters. The van der Waals surface area contributed by atoms with Crippen molar-refractivity contribution in [3.05, 3.63) is 41.6 Å². The van der Waals surface area contributed by atoms with Crippen molar-refractivity contribution in [1.82, 2.24) is 5.16 Å². The van der Waals surface area contributed by atoms with Gasteiger partial charge in [-0.2, -0.15) is 0 Å². The van der Waals surface area contributed by atoms with Crippen LogP contribution in [0.1, 0.15) is 52.7 Å². The van der Waals surface area contributed by atoms with Gasteiger partial charge < -0.3 is 14.0 Å². The van der Waals surface area contributed by atoms with Crippen molar-refractivity contribution in [3.63, 3.8) is 0 Å². The van der Waals surface area contributed by atoms with Crippen LogP contribution >= 0.6 is 11.8 Å². The average Bonchev–Trinajstić information content (AvgIpc) is 3.20. The predicted molar refractivity (Wildman–Crippen MR) is 114 cm³/mol. The van der Waals surface area contributed by atoms with Crippen LogP contribution in [-0.4, -0.2) is 35.3 Å². The monoisotopic (exact) mass is 454 g/mol. The third-order valence-corrected chi connectivity index (χ3v) is 6.27. The first-order chi connectivity index (χ1) is 14.6. The smallest absolute Gasteiger partial charge is 0.242 e. The Morgan fingerprint density at radius 1 is 1.29 bits per heavy atom. The van der Waals surface area contributed by atoms with E-state index in [9.17, 15) is 13.6 Å². The quantitative estimate of drug-likeness (QED) is 0.547. The van der Waals surface area contributed by atoms with Crippen molar-refractivity contribution in [2.24, 2.45) is 0 Å². The summed E-state index contributed by atoms with van der Waals surface area (Å²) < 4.78 is 43.1. The summed E-state index contributed by atoms with van der Waals surface area (Å²) in [6.07, 6.45) is 2.80. The van der Waals surface area contributed by atoms with E-state index >= 15 is 0 Å². The van der Waals surface area contributed by atoms with Crippen molar-refractivity contribution in [2.75, 3.05) is 18.5 Å². The van der Waals surface area contributed by atoms with E-state index in [1.54, 1.807) is 19.9 Å². The molecule has 2 aromatic rings. The number of carbonyl (C=O) groups excluding carboxylic acids is 1. The molecule has 1 aromatic heterocycles. The number of hydrogen-bond donors (Lipinski definition) is 1. The van der Waals surface area contributed by atoms with Crippen molar-refractivity contribution in [1.29, 1.82) is 0 Å². The fourth-order valence-electron chi connectivity index (χ4n) is 3.02. The zero-order valence-corrected chi connectivity index (χ0v) is 19.0. The molecule has 1 N–H and O–H groups in total. The predicted octanol–water partition coefficient (Wildman–Crippen LogP) is 5.28. The van der Waals surface area contributed by atoms with Gasteiger partial charge in [0.25, 0.3) is 0 Å². The van der Waals surface area contributed by atoms with E-state index in [1.807, 2.05) is 13.8 Å². The number of carbonyl (C=O) groups is 1. The SMILES string of the molecule is CC(C)(Sc1cccc(F)c1F)C(=O)Nc1cc(C(C)(C)COC2CCCCO2)no1. The Morgan fingerprint density at radius 3 is 2.77 bits per heavy atom. The summed E-state index contributed by atoms with van der Waals surface area (Å²) in [5.74, 6) is -2.17. The van der Waals surface area contributed by atoms with Crippen LogP contribution in [0.3, 0.4) is 0 Å². The summed E-state index contributed by atoms with van der Waals surface area (Å²) in [6, 6.07) is 5.52. The molecule has 1 aliphatic rings. The molecule has 3 rings (SSSR count). The molecule has 6 nitrogen and oxygen atoms in total. The molecule has 9 heteroatoms. The lowest BCUT2D eigenvalue weighted by atomic mass is 9.90. The molecule has 1 unspecified atom stereocenters. The van der Waals surface area contributed by atoms with E-state index in [-0.39, 0.29) is 17.1 Å². The van der Waals surface area contributed by atoms with Crippen LogP contribution in [0.5, 0.6) is 0 Å². The third kappa shape index (κ3) is 6.05. The van der Waals surface area contributed by atoms with Crippen LogP contribution in [0.25, 0.3) is 0 Å². The van der Waals surface area contributed by atoms with Crippen molar-refractivity contribution >= 4 is 23.6 Å². The number of nitrogens with zero attached hydrogens (tertiary/aromatic N) is 1. The van der Waals surface area contributed by atoms with Gasteiger partial charge in [-0.05, 0) is 45.2 Å². The summed E-state index contributed by atoms with van der Waals surface area (Å²) in [6.45, 7) is 8.26. The number of amides is 1. The Morgan fingerprint density at radius 2 is 2.06 bits per heavy atom. The highest BCUT2D eigenvalue weighted by Crippen LogP contribution is 2.36. The minimum Gasteiger partial charge on any atom is -0.353 e. The van der Waals surface area contributed by atoms with E-state index in [1.165, 1.54) is 12.1 Å². The molecule has 1 amide bonds. The normalized spacial score (nSPS) is 17.5. The van der Waals surface area contributed by atoms with Gasteiger partial charge in [-0.25, -0.2) is 8.78 Å². The minimum atomic E-state index is -1.08. The van der Waals surface area contributed by atoms with Crippen molar-refractivity contribution in [3.8, 4) is 0 Å². The van der Waals surface area contributed by atoms with Crippen LogP contribution in [0.2, 0.25) is 0 Å². The van der Waals surface area contributed by atoms with Gasteiger partial charge in [0.1, 0.15) is 0 Å². The standard InChI is InChI=1S/C22H28F2N2O4S/c1-21(2,13-29-18-10-5-6-11-28-18)16-12-17(30-26-16)25-20(27)22(3,4)31-15-9-7-8-14(23)19(15)24/h7-9,12,18H,5-6,10-11,13H2,1-4H3,(H,25,27). The maximum Gasteiger partial charge on any atom is 0.242 e. The number of benzene rings is 1. The highest BCUT2D eigenvalue weighted by molar-refractivity contribution is 8.01. The summed E-state index contributed by atoms with van der Waals surface area (Å²) in [5.41, 5.74) is 0.169. The van der Waals surface area contributed by atoms with E-state index < -0.39 is 27.7 Å². The topological polar surface area (TPSA) is 73.6 Å². The number of hydrogen-bond acceptors (Lipinski definition) is 6. The molecule has 1 fully saturated rings. The van der Waals surface area contributed by atoms with Crippen LogP contribution in [-0.2, 0) is 19.7 Å². The first-order valence-electron chi connectivity index (χ1n) is 10.2. The van der Waals surface area contributed by atoms with E-state index in [0.717, 1.165) is 37.1 Å². The number of rotatable bonds is 8. The highest BCUT2D eigenvalue weighted by Gasteiger charge is 2.33. The largest absolute Gasteiger partial charge is 0.353 e. The second kappa shape index (κ2) is 9.67. The number of ether oxygens (including phenoxy) is 2. The van der Waals surface area contributed by atoms with Gasteiger partial charge in [-0.15, -0.1) is 11.8 Å². The fourth-order valence-corrected chi connectivity index (χ4v) is 4.04. The maximum atomic E-state index is 14.0. The second-order valence-corrected chi connectivity index (χ2v) is 10.4. The number of halogens is 2. The molecule has 0 spiro atoms. The zero-order chi connectivity index (χ0) is 22.6. The van der Waals surface area contributed by atoms with E-state index in [0.29, 0.717) is 18.9 Å². The van der Waals surface area contributed by atoms with Gasteiger partial charge in [-0.1, -0.05) is 25.1 Å². The Labute approximate surface area is 185 Å². The Balaban J connectivity index is 1.61. The number of nitrogens with one attached hydrogen (secondary N) is 1. The molecule has 1 saturated heterocycles. The molecule has 2 heterocycles. The Kier molecular flexibility index (Phi) is 7.39. The van der Waals surface area contributed by atoms with Gasteiger partial charge in [0.2, 0.25) is 11.8 Å². The van der Waals surface area contributed by atoms with Crippen molar-refractivity contribution < 1.29 is 27.6 Å². The summed E-state index contributed by atoms with van der Waals surface area (Å²) in [7, 11) is 0. The molecular weight excluding hydrogens is 426 g/mol. The molecule has 0 saturated carbocycles. The Bertz CT molecular complexity index is 911. The van der Waals surface area contributed by atoms with Crippen LogP contribution < -0.4 is 5.32 Å². The highest BCUT2D eigenvalue weighted by atomic mass is 32.2. The van der Waals surface area contributed by atoms with Crippen LogP contribution in [0.15, 0.2) is 33.7 Å². The molecule has 0 bridgehead atoms. The second-order valence-electron chi connectivity index (χ2n) is 8.69. The Hall–Kier alpha value is -1.97. The third-order valence-electron chi connectivity index (χ3n) is 5.04. The molecule has 0 aliphatic carbocycles. The molecule has 31 heavy (non-hydrogen) atoms. The molecular formula is C22H28F2N2O4S. The number of aromatic nitrogens is 1. The van der Waals surface area contributed by atoms with Crippen LogP contribution in [0.4, 0.5) is 14.7 Å². The first-order valence-corrected chi connectivity index (χ1v) is 11.0. The van der Waals surface area contributed by atoms with E-state index in [2.05, 4.69) is 10.5 Å². The lowest BCUT2D eigenvalue weighted by Gasteiger charge is -2.28. The van der Waals surface area contributed by atoms with Gasteiger partial charge in [0.15, 0.2) is 17.9 Å². The maximum absolute atomic E-state index is 14.0. The average molecular weight is 455 g/mol. The molecule has 0 radical (unpaired) electrons. The summed E-state index contributed by atoms with van der Waals surface area (Å²) >= 11 is 0.927. The van der Waals surface area contributed by atoms with Crippen molar-refractivity contribution in [2.45, 2.75) is 68.3 Å². The van der Waals surface area contributed by atoms with E-state index in [4.69, 9.17) is 14.0 Å². The molecule has 170 valence electrons. The fraction of sp³-hybridized carbons (Fsp3) is 0.545. The minimum absolute atomic E-state index is 0.0571. The van der Waals surface area contributed by atoms with Gasteiger partial charge in [0.05, 0.1) is 17.0 Å². The van der Waals surface area contributed by atoms with Crippen LogP contribution in [0, 0.1) is 11.6 Å². The summed E-state index contributed by atoms with van der Waals surface area (Å²) in [5, 5.41) is 6.73. The summed E-state index contributed by atoms with van der Waals surface area (Å²) in [4.78, 5) is 12.8. The van der Waals surface area contributed by atoms with Gasteiger partial charge >= 0.3 is 0 Å².